The van der Waals surface area contributed by atoms with Gasteiger partial charge in [0, 0.05) is 24.1 Å². The minimum Gasteiger partial charge on any atom is -0.496 e. The lowest BCUT2D eigenvalue weighted by Crippen LogP contribution is -2.26. The first-order valence-electron chi connectivity index (χ1n) is 8.49. The second-order valence-corrected chi connectivity index (χ2v) is 6.58. The quantitative estimate of drug-likeness (QED) is 0.834. The van der Waals surface area contributed by atoms with E-state index in [1.807, 2.05) is 18.3 Å². The molecule has 0 amide bonds. The van der Waals surface area contributed by atoms with Crippen LogP contribution < -0.4 is 10.1 Å². The number of carboxylic acids is 1. The van der Waals surface area contributed by atoms with Crippen LogP contribution in [0.4, 0.5) is 13.2 Å². The summed E-state index contributed by atoms with van der Waals surface area (Å²) in [5.41, 5.74) is 2.58. The molecule has 2 N–H and O–H groups in total. The summed E-state index contributed by atoms with van der Waals surface area (Å²) >= 11 is 0. The Morgan fingerprint density at radius 1 is 1.33 bits per heavy atom. The Labute approximate surface area is 154 Å². The van der Waals surface area contributed by atoms with E-state index < -0.39 is 12.1 Å². The summed E-state index contributed by atoms with van der Waals surface area (Å²) in [5.74, 6) is -0.586. The van der Waals surface area contributed by atoms with Crippen molar-refractivity contribution >= 4 is 5.97 Å². The maximum Gasteiger partial charge on any atom is 0.490 e. The number of rotatable bonds is 2. The average Bonchev–Trinajstić information content (AvgIpc) is 3.34. The molecule has 146 valence electrons. The lowest BCUT2D eigenvalue weighted by atomic mass is 9.85. The van der Waals surface area contributed by atoms with Crippen molar-refractivity contribution in [3.8, 4) is 17.0 Å². The predicted molar refractivity (Wildman–Crippen MR) is 91.7 cm³/mol. The molecular formula is C18H20F3N3O3. The zero-order valence-corrected chi connectivity index (χ0v) is 14.7. The molecule has 1 saturated heterocycles. The van der Waals surface area contributed by atoms with E-state index in [0.717, 1.165) is 30.9 Å². The van der Waals surface area contributed by atoms with E-state index in [1.54, 1.807) is 7.11 Å². The molecule has 1 atom stereocenters. The first-order chi connectivity index (χ1) is 12.8. The number of aromatic nitrogens is 2. The summed E-state index contributed by atoms with van der Waals surface area (Å²) in [7, 11) is 1.72. The zero-order chi connectivity index (χ0) is 19.7. The van der Waals surface area contributed by atoms with E-state index in [9.17, 15) is 13.2 Å². The van der Waals surface area contributed by atoms with Crippen LogP contribution in [-0.2, 0) is 16.8 Å². The highest BCUT2D eigenvalue weighted by molar-refractivity contribution is 5.73. The van der Waals surface area contributed by atoms with Crippen LogP contribution in [0.1, 0.15) is 18.7 Å². The number of aliphatic carboxylic acids is 1. The molecule has 0 bridgehead atoms. The van der Waals surface area contributed by atoms with Crippen molar-refractivity contribution in [3.05, 3.63) is 36.3 Å². The normalized spacial score (nSPS) is 20.9. The number of alkyl halides is 3. The summed E-state index contributed by atoms with van der Waals surface area (Å²) in [6.45, 7) is 3.23. The molecule has 6 nitrogen and oxygen atoms in total. The SMILES string of the molecule is COc1ccccc1-c1cnc2n1CCC21CCNC1.O=C(O)C(F)(F)F. The highest BCUT2D eigenvalue weighted by Crippen LogP contribution is 2.42. The molecule has 1 aromatic carbocycles. The van der Waals surface area contributed by atoms with Crippen LogP contribution >= 0.6 is 0 Å². The zero-order valence-electron chi connectivity index (χ0n) is 14.7. The van der Waals surface area contributed by atoms with Gasteiger partial charge in [-0.15, -0.1) is 0 Å². The minimum atomic E-state index is -5.08. The number of carbonyl (C=O) groups is 1. The summed E-state index contributed by atoms with van der Waals surface area (Å²) in [4.78, 5) is 13.6. The van der Waals surface area contributed by atoms with Crippen LogP contribution in [-0.4, -0.2) is 47.0 Å². The lowest BCUT2D eigenvalue weighted by molar-refractivity contribution is -0.192. The van der Waals surface area contributed by atoms with Gasteiger partial charge in [-0.25, -0.2) is 9.78 Å². The second-order valence-electron chi connectivity index (χ2n) is 6.58. The third-order valence-corrected chi connectivity index (χ3v) is 5.01. The Morgan fingerprint density at radius 3 is 2.63 bits per heavy atom. The van der Waals surface area contributed by atoms with E-state index in [2.05, 4.69) is 22.0 Å². The summed E-state index contributed by atoms with van der Waals surface area (Å²) in [6.07, 6.45) is -0.673. The van der Waals surface area contributed by atoms with E-state index >= 15 is 0 Å². The van der Waals surface area contributed by atoms with Crippen molar-refractivity contribution in [3.63, 3.8) is 0 Å². The molecule has 1 aromatic heterocycles. The smallest absolute Gasteiger partial charge is 0.490 e. The lowest BCUT2D eigenvalue weighted by Gasteiger charge is -2.19. The average molecular weight is 383 g/mol. The van der Waals surface area contributed by atoms with Gasteiger partial charge >= 0.3 is 12.1 Å². The van der Waals surface area contributed by atoms with Crippen molar-refractivity contribution in [2.24, 2.45) is 0 Å². The Bertz CT molecular complexity index is 827. The van der Waals surface area contributed by atoms with Crippen molar-refractivity contribution in [2.75, 3.05) is 20.2 Å². The third kappa shape index (κ3) is 3.64. The number of hydrogen-bond donors (Lipinski definition) is 2. The van der Waals surface area contributed by atoms with Gasteiger partial charge in [-0.1, -0.05) is 12.1 Å². The molecule has 1 spiro atoms. The van der Waals surface area contributed by atoms with Crippen molar-refractivity contribution in [1.82, 2.24) is 14.9 Å². The van der Waals surface area contributed by atoms with Crippen LogP contribution in [0.25, 0.3) is 11.3 Å². The molecule has 27 heavy (non-hydrogen) atoms. The maximum absolute atomic E-state index is 10.6. The molecule has 0 radical (unpaired) electrons. The van der Waals surface area contributed by atoms with Gasteiger partial charge in [0.1, 0.15) is 11.6 Å². The molecule has 2 aromatic rings. The van der Waals surface area contributed by atoms with Gasteiger partial charge < -0.3 is 19.7 Å². The molecular weight excluding hydrogens is 363 g/mol. The number of nitrogens with zero attached hydrogens (tertiary/aromatic N) is 2. The van der Waals surface area contributed by atoms with Gasteiger partial charge in [-0.3, -0.25) is 0 Å². The first-order valence-corrected chi connectivity index (χ1v) is 8.49. The van der Waals surface area contributed by atoms with E-state index in [0.29, 0.717) is 0 Å². The Morgan fingerprint density at radius 2 is 2.04 bits per heavy atom. The Balaban J connectivity index is 0.000000260. The summed E-state index contributed by atoms with van der Waals surface area (Å²) in [6, 6.07) is 8.18. The topological polar surface area (TPSA) is 76.4 Å². The first kappa shape index (κ1) is 19.2. The summed E-state index contributed by atoms with van der Waals surface area (Å²) < 4.78 is 39.6. The number of hydrogen-bond acceptors (Lipinski definition) is 4. The number of carboxylic acid groups (broad SMARTS) is 1. The maximum atomic E-state index is 10.6. The van der Waals surface area contributed by atoms with Gasteiger partial charge in [0.2, 0.25) is 0 Å². The minimum absolute atomic E-state index is 0.264. The van der Waals surface area contributed by atoms with Crippen LogP contribution in [0.3, 0.4) is 0 Å². The number of nitrogens with one attached hydrogen (secondary N) is 1. The predicted octanol–water partition coefficient (Wildman–Crippen LogP) is 2.83. The van der Waals surface area contributed by atoms with Gasteiger partial charge in [0.25, 0.3) is 0 Å². The van der Waals surface area contributed by atoms with Crippen molar-refractivity contribution in [1.29, 1.82) is 0 Å². The van der Waals surface area contributed by atoms with Gasteiger partial charge in [0.05, 0.1) is 19.0 Å². The number of ether oxygens (including phenoxy) is 1. The molecule has 2 aliphatic rings. The molecule has 1 fully saturated rings. The fourth-order valence-electron chi connectivity index (χ4n) is 3.68. The number of benzene rings is 1. The van der Waals surface area contributed by atoms with Crippen LogP contribution in [0.5, 0.6) is 5.75 Å². The molecule has 0 aliphatic carbocycles. The van der Waals surface area contributed by atoms with Crippen LogP contribution in [0.15, 0.2) is 30.5 Å². The number of para-hydroxylation sites is 1. The van der Waals surface area contributed by atoms with E-state index in [1.165, 1.54) is 24.4 Å². The number of fused-ring (bicyclic) bond motifs is 2. The number of halogens is 3. The molecule has 9 heteroatoms. The molecule has 3 heterocycles. The monoisotopic (exact) mass is 383 g/mol. The van der Waals surface area contributed by atoms with E-state index in [4.69, 9.17) is 19.6 Å². The highest BCUT2D eigenvalue weighted by atomic mass is 19.4. The van der Waals surface area contributed by atoms with Gasteiger partial charge in [-0.05, 0) is 31.5 Å². The van der Waals surface area contributed by atoms with Crippen LogP contribution in [0.2, 0.25) is 0 Å². The van der Waals surface area contributed by atoms with Crippen molar-refractivity contribution < 1.29 is 27.8 Å². The molecule has 0 saturated carbocycles. The van der Waals surface area contributed by atoms with Crippen LogP contribution in [0, 0.1) is 0 Å². The summed E-state index contributed by atoms with van der Waals surface area (Å²) in [5, 5.41) is 10.6. The second kappa shape index (κ2) is 7.22. The highest BCUT2D eigenvalue weighted by Gasteiger charge is 2.44. The fraction of sp³-hybridized carbons (Fsp3) is 0.444. The number of methoxy groups -OCH3 is 1. The number of imidazole rings is 1. The standard InChI is InChI=1S/C16H19N3O.C2HF3O2/c1-20-14-5-3-2-4-12(14)13-10-18-15-16(6-8-17-11-16)7-9-19(13)15;3-2(4,5)1(6)7/h2-5,10,17H,6-9,11H2,1H3;(H,6,7). The van der Waals surface area contributed by atoms with Crippen molar-refractivity contribution in [2.45, 2.75) is 31.0 Å². The largest absolute Gasteiger partial charge is 0.496 e. The van der Waals surface area contributed by atoms with E-state index in [-0.39, 0.29) is 5.41 Å². The molecule has 1 unspecified atom stereocenters. The Kier molecular flexibility index (Phi) is 5.14. The van der Waals surface area contributed by atoms with Gasteiger partial charge in [0.15, 0.2) is 0 Å². The van der Waals surface area contributed by atoms with Gasteiger partial charge in [-0.2, -0.15) is 13.2 Å². The fourth-order valence-corrected chi connectivity index (χ4v) is 3.68. The molecule has 2 aliphatic heterocycles. The third-order valence-electron chi connectivity index (χ3n) is 5.01. The molecule has 4 rings (SSSR count). The Hall–Kier alpha value is -2.55.